The maximum absolute atomic E-state index is 12.7. The van der Waals surface area contributed by atoms with Gasteiger partial charge < -0.3 is 15.1 Å². The van der Waals surface area contributed by atoms with E-state index >= 15 is 0 Å². The molecule has 1 aromatic heterocycles. The van der Waals surface area contributed by atoms with Gasteiger partial charge in [0.15, 0.2) is 0 Å². The number of nitrogens with one attached hydrogen (secondary N) is 1. The quantitative estimate of drug-likeness (QED) is 0.743. The summed E-state index contributed by atoms with van der Waals surface area (Å²) in [6, 6.07) is 7.82. The Morgan fingerprint density at radius 3 is 2.16 bits per heavy atom. The lowest BCUT2D eigenvalue weighted by atomic mass is 10.1. The predicted octanol–water partition coefficient (Wildman–Crippen LogP) is 3.97. The van der Waals surface area contributed by atoms with Crippen LogP contribution in [0.4, 0.5) is 24.7 Å². The third-order valence-corrected chi connectivity index (χ3v) is 4.79. The van der Waals surface area contributed by atoms with Gasteiger partial charge in [0.25, 0.3) is 5.91 Å². The van der Waals surface area contributed by atoms with Gasteiger partial charge in [-0.2, -0.15) is 13.2 Å². The molecule has 0 bridgehead atoms. The maximum Gasteiger partial charge on any atom is 0.416 e. The second kappa shape index (κ2) is 9.20. The highest BCUT2D eigenvalue weighted by molar-refractivity contribution is 5.99. The number of piperazine rings is 1. The van der Waals surface area contributed by atoms with E-state index in [4.69, 9.17) is 0 Å². The van der Waals surface area contributed by atoms with E-state index < -0.39 is 11.7 Å². The highest BCUT2D eigenvalue weighted by Gasteiger charge is 2.30. The van der Waals surface area contributed by atoms with Gasteiger partial charge in [-0.3, -0.25) is 9.59 Å². The number of halogens is 3. The first-order valence-corrected chi connectivity index (χ1v) is 9.77. The third-order valence-electron chi connectivity index (χ3n) is 4.79. The summed E-state index contributed by atoms with van der Waals surface area (Å²) in [6.45, 7) is 5.62. The molecule has 1 saturated heterocycles. The fourth-order valence-electron chi connectivity index (χ4n) is 3.21. The Morgan fingerprint density at radius 2 is 1.65 bits per heavy atom. The summed E-state index contributed by atoms with van der Waals surface area (Å²) in [6.07, 6.45) is -1.35. The number of rotatable bonds is 4. The molecule has 0 saturated carbocycles. The van der Waals surface area contributed by atoms with Gasteiger partial charge in [-0.1, -0.05) is 5.57 Å². The Labute approximate surface area is 178 Å². The lowest BCUT2D eigenvalue weighted by Crippen LogP contribution is -2.49. The summed E-state index contributed by atoms with van der Waals surface area (Å²) >= 11 is 0. The summed E-state index contributed by atoms with van der Waals surface area (Å²) < 4.78 is 38.1. The first kappa shape index (κ1) is 22.3. The second-order valence-corrected chi connectivity index (χ2v) is 7.47. The molecule has 0 aliphatic carbocycles. The number of allylic oxidation sites excluding steroid dienone is 1. The molecule has 1 fully saturated rings. The van der Waals surface area contributed by atoms with Crippen molar-refractivity contribution >= 4 is 23.3 Å². The van der Waals surface area contributed by atoms with Crippen molar-refractivity contribution in [3.63, 3.8) is 0 Å². The molecule has 2 heterocycles. The Bertz CT molecular complexity index is 958. The number of carbonyl (C=O) groups is 2. The Hall–Kier alpha value is -3.36. The highest BCUT2D eigenvalue weighted by Crippen LogP contribution is 2.29. The number of benzene rings is 1. The normalized spacial score (nSPS) is 14.2. The van der Waals surface area contributed by atoms with Crippen molar-refractivity contribution < 1.29 is 22.8 Å². The Kier molecular flexibility index (Phi) is 6.62. The maximum atomic E-state index is 12.7. The zero-order valence-electron chi connectivity index (χ0n) is 17.2. The zero-order valence-corrected chi connectivity index (χ0v) is 17.2. The van der Waals surface area contributed by atoms with Crippen LogP contribution >= 0.6 is 0 Å². The SMILES string of the molecule is CC(C)=CC(=O)Nc1ccc(N2CCN(C(=O)c3ccc(C(F)(F)F)cc3)CC2)nc1. The minimum atomic E-state index is -4.43. The molecule has 31 heavy (non-hydrogen) atoms. The fraction of sp³-hybridized carbons (Fsp3) is 0.318. The molecule has 1 aromatic carbocycles. The number of alkyl halides is 3. The van der Waals surface area contributed by atoms with Crippen LogP contribution in [0, 0.1) is 0 Å². The first-order chi connectivity index (χ1) is 14.6. The summed E-state index contributed by atoms with van der Waals surface area (Å²) in [5.74, 6) is 0.213. The summed E-state index contributed by atoms with van der Waals surface area (Å²) in [5.41, 5.74) is 0.935. The van der Waals surface area contributed by atoms with E-state index in [0.717, 1.165) is 23.5 Å². The fourth-order valence-corrected chi connectivity index (χ4v) is 3.21. The molecule has 0 radical (unpaired) electrons. The molecule has 2 amide bonds. The van der Waals surface area contributed by atoms with E-state index in [1.54, 1.807) is 23.2 Å². The van der Waals surface area contributed by atoms with Gasteiger partial charge in [-0.25, -0.2) is 4.98 Å². The van der Waals surface area contributed by atoms with Crippen LogP contribution in [0.15, 0.2) is 54.2 Å². The number of nitrogens with zero attached hydrogens (tertiary/aromatic N) is 3. The van der Waals surface area contributed by atoms with Crippen molar-refractivity contribution in [2.24, 2.45) is 0 Å². The summed E-state index contributed by atoms with van der Waals surface area (Å²) in [4.78, 5) is 32.4. The van der Waals surface area contributed by atoms with Crippen LogP contribution in [0.25, 0.3) is 0 Å². The first-order valence-electron chi connectivity index (χ1n) is 9.77. The Balaban J connectivity index is 1.56. The van der Waals surface area contributed by atoms with Gasteiger partial charge in [-0.05, 0) is 50.2 Å². The van der Waals surface area contributed by atoms with Crippen molar-refractivity contribution in [3.05, 3.63) is 65.4 Å². The number of hydrogen-bond acceptors (Lipinski definition) is 4. The molecule has 1 aliphatic rings. The third kappa shape index (κ3) is 5.84. The molecule has 6 nitrogen and oxygen atoms in total. The number of anilines is 2. The van der Waals surface area contributed by atoms with Gasteiger partial charge >= 0.3 is 6.18 Å². The van der Waals surface area contributed by atoms with Gasteiger partial charge in [0, 0.05) is 37.8 Å². The molecule has 3 rings (SSSR count). The summed E-state index contributed by atoms with van der Waals surface area (Å²) in [7, 11) is 0. The van der Waals surface area contributed by atoms with E-state index in [0.29, 0.717) is 31.9 Å². The Morgan fingerprint density at radius 1 is 1.00 bits per heavy atom. The summed E-state index contributed by atoms with van der Waals surface area (Å²) in [5, 5.41) is 2.74. The minimum absolute atomic E-state index is 0.218. The average Bonchev–Trinajstić information content (AvgIpc) is 2.73. The molecule has 1 N–H and O–H groups in total. The van der Waals surface area contributed by atoms with Crippen LogP contribution in [-0.2, 0) is 11.0 Å². The van der Waals surface area contributed by atoms with E-state index in [1.807, 2.05) is 18.7 Å². The zero-order chi connectivity index (χ0) is 22.6. The highest BCUT2D eigenvalue weighted by atomic mass is 19.4. The van der Waals surface area contributed by atoms with Crippen molar-refractivity contribution in [2.45, 2.75) is 20.0 Å². The topological polar surface area (TPSA) is 65.5 Å². The molecule has 0 spiro atoms. The van der Waals surface area contributed by atoms with Crippen molar-refractivity contribution in [3.8, 4) is 0 Å². The number of amides is 2. The molecule has 1 aliphatic heterocycles. The van der Waals surface area contributed by atoms with Gasteiger partial charge in [0.2, 0.25) is 5.91 Å². The van der Waals surface area contributed by atoms with E-state index in [2.05, 4.69) is 10.3 Å². The average molecular weight is 432 g/mol. The van der Waals surface area contributed by atoms with Crippen molar-refractivity contribution in [2.75, 3.05) is 36.4 Å². The van der Waals surface area contributed by atoms with Crippen molar-refractivity contribution in [1.82, 2.24) is 9.88 Å². The number of hydrogen-bond donors (Lipinski definition) is 1. The molecule has 0 atom stereocenters. The predicted molar refractivity (Wildman–Crippen MR) is 112 cm³/mol. The van der Waals surface area contributed by atoms with E-state index in [-0.39, 0.29) is 17.4 Å². The van der Waals surface area contributed by atoms with Crippen LogP contribution in [0.2, 0.25) is 0 Å². The molecular weight excluding hydrogens is 409 g/mol. The standard InChI is InChI=1S/C22H23F3N4O2/c1-15(2)13-20(30)27-18-7-8-19(26-14-18)28-9-11-29(12-10-28)21(31)16-3-5-17(6-4-16)22(23,24)25/h3-8,13-14H,9-12H2,1-2H3,(H,27,30). The van der Waals surface area contributed by atoms with Gasteiger partial charge in [0.05, 0.1) is 17.4 Å². The second-order valence-electron chi connectivity index (χ2n) is 7.47. The number of carbonyl (C=O) groups excluding carboxylic acids is 2. The van der Waals surface area contributed by atoms with Crippen LogP contribution in [-0.4, -0.2) is 47.9 Å². The van der Waals surface area contributed by atoms with E-state index in [9.17, 15) is 22.8 Å². The van der Waals surface area contributed by atoms with Gasteiger partial charge in [0.1, 0.15) is 5.82 Å². The number of aromatic nitrogens is 1. The largest absolute Gasteiger partial charge is 0.416 e. The minimum Gasteiger partial charge on any atom is -0.353 e. The van der Waals surface area contributed by atoms with E-state index in [1.165, 1.54) is 18.2 Å². The van der Waals surface area contributed by atoms with Gasteiger partial charge in [-0.15, -0.1) is 0 Å². The molecule has 2 aromatic rings. The molecule has 9 heteroatoms. The molecule has 164 valence electrons. The molecule has 0 unspecified atom stereocenters. The van der Waals surface area contributed by atoms with Crippen molar-refractivity contribution in [1.29, 1.82) is 0 Å². The number of pyridine rings is 1. The molecular formula is C22H23F3N4O2. The monoisotopic (exact) mass is 432 g/mol. The van der Waals surface area contributed by atoms with Crippen LogP contribution in [0.5, 0.6) is 0 Å². The lowest BCUT2D eigenvalue weighted by Gasteiger charge is -2.35. The smallest absolute Gasteiger partial charge is 0.353 e. The van der Waals surface area contributed by atoms with Crippen LogP contribution in [0.3, 0.4) is 0 Å². The lowest BCUT2D eigenvalue weighted by molar-refractivity contribution is -0.137. The van der Waals surface area contributed by atoms with Crippen LogP contribution < -0.4 is 10.2 Å². The van der Waals surface area contributed by atoms with Crippen LogP contribution in [0.1, 0.15) is 29.8 Å².